The van der Waals surface area contributed by atoms with Gasteiger partial charge >= 0.3 is 0 Å². The molecule has 0 atom stereocenters. The molecule has 1 fully saturated rings. The van der Waals surface area contributed by atoms with Gasteiger partial charge in [0.15, 0.2) is 0 Å². The molecule has 1 aromatic rings. The summed E-state index contributed by atoms with van der Waals surface area (Å²) in [5.41, 5.74) is 0.664. The standard InChI is InChI=1S/C15H21NO2Si/c1-19(2,18-15(12-16)9-6-10-15)13-17-11-14-7-4-3-5-8-14/h3-5,7-8H,6,9-11,13H2,1-2H3. The molecule has 19 heavy (non-hydrogen) atoms. The van der Waals surface area contributed by atoms with Crippen LogP contribution in [0.15, 0.2) is 30.3 Å². The first-order chi connectivity index (χ1) is 9.05. The lowest BCUT2D eigenvalue weighted by molar-refractivity contribution is 0.0271. The Morgan fingerprint density at radius 2 is 1.95 bits per heavy atom. The quantitative estimate of drug-likeness (QED) is 0.747. The Labute approximate surface area is 116 Å². The molecule has 0 heterocycles. The molecule has 0 saturated heterocycles. The molecule has 4 heteroatoms. The first-order valence-electron chi connectivity index (χ1n) is 6.78. The van der Waals surface area contributed by atoms with Crippen molar-refractivity contribution in [1.29, 1.82) is 5.26 Å². The van der Waals surface area contributed by atoms with Crippen LogP contribution in [-0.2, 0) is 15.8 Å². The van der Waals surface area contributed by atoms with Gasteiger partial charge in [-0.3, -0.25) is 0 Å². The lowest BCUT2D eigenvalue weighted by Gasteiger charge is -2.41. The van der Waals surface area contributed by atoms with Crippen molar-refractivity contribution in [2.24, 2.45) is 0 Å². The molecule has 2 rings (SSSR count). The molecule has 3 nitrogen and oxygen atoms in total. The van der Waals surface area contributed by atoms with E-state index in [0.717, 1.165) is 19.3 Å². The lowest BCUT2D eigenvalue weighted by atomic mass is 9.82. The van der Waals surface area contributed by atoms with Gasteiger partial charge in [-0.05, 0) is 37.9 Å². The number of rotatable bonds is 6. The van der Waals surface area contributed by atoms with Gasteiger partial charge in [0.1, 0.15) is 5.60 Å². The Bertz CT molecular complexity index is 449. The number of nitriles is 1. The fourth-order valence-corrected chi connectivity index (χ4v) is 4.24. The van der Waals surface area contributed by atoms with Crippen LogP contribution < -0.4 is 0 Å². The van der Waals surface area contributed by atoms with Crippen LogP contribution in [0.5, 0.6) is 0 Å². The average Bonchev–Trinajstić information content (AvgIpc) is 2.35. The third kappa shape index (κ3) is 3.90. The van der Waals surface area contributed by atoms with Crippen molar-refractivity contribution in [3.8, 4) is 6.07 Å². The first-order valence-corrected chi connectivity index (χ1v) is 9.90. The van der Waals surface area contributed by atoms with Gasteiger partial charge in [-0.1, -0.05) is 30.3 Å². The fraction of sp³-hybridized carbons (Fsp3) is 0.533. The van der Waals surface area contributed by atoms with Crippen LogP contribution in [-0.4, -0.2) is 20.1 Å². The van der Waals surface area contributed by atoms with Gasteiger partial charge in [0.25, 0.3) is 0 Å². The van der Waals surface area contributed by atoms with E-state index in [-0.39, 0.29) is 0 Å². The Morgan fingerprint density at radius 3 is 2.47 bits per heavy atom. The molecule has 1 saturated carbocycles. The Morgan fingerprint density at radius 1 is 1.26 bits per heavy atom. The van der Waals surface area contributed by atoms with Crippen molar-refractivity contribution >= 4 is 8.32 Å². The summed E-state index contributed by atoms with van der Waals surface area (Å²) in [7, 11) is -1.93. The van der Waals surface area contributed by atoms with Crippen LogP contribution in [0, 0.1) is 11.3 Å². The van der Waals surface area contributed by atoms with E-state index < -0.39 is 13.9 Å². The second kappa shape index (κ2) is 5.87. The van der Waals surface area contributed by atoms with Gasteiger partial charge < -0.3 is 9.16 Å². The molecular formula is C15H21NO2Si. The summed E-state index contributed by atoms with van der Waals surface area (Å²) in [6.07, 6.45) is 3.48. The van der Waals surface area contributed by atoms with Gasteiger partial charge in [0.05, 0.1) is 18.9 Å². The molecule has 0 spiro atoms. The summed E-state index contributed by atoms with van der Waals surface area (Å²) in [6.45, 7) is 4.85. The Kier molecular flexibility index (Phi) is 4.41. The third-order valence-electron chi connectivity index (χ3n) is 3.40. The van der Waals surface area contributed by atoms with E-state index in [2.05, 4.69) is 31.3 Å². The van der Waals surface area contributed by atoms with E-state index in [9.17, 15) is 5.26 Å². The zero-order chi connectivity index (χ0) is 13.8. The van der Waals surface area contributed by atoms with Crippen molar-refractivity contribution in [1.82, 2.24) is 0 Å². The molecule has 0 aliphatic heterocycles. The van der Waals surface area contributed by atoms with Crippen molar-refractivity contribution < 1.29 is 9.16 Å². The highest BCUT2D eigenvalue weighted by Crippen LogP contribution is 2.37. The summed E-state index contributed by atoms with van der Waals surface area (Å²) < 4.78 is 11.9. The smallest absolute Gasteiger partial charge is 0.214 e. The number of ether oxygens (including phenoxy) is 1. The van der Waals surface area contributed by atoms with Crippen molar-refractivity contribution in [3.63, 3.8) is 0 Å². The van der Waals surface area contributed by atoms with E-state index in [1.165, 1.54) is 5.56 Å². The molecule has 0 bridgehead atoms. The lowest BCUT2D eigenvalue weighted by Crippen LogP contribution is -2.50. The molecule has 0 amide bonds. The van der Waals surface area contributed by atoms with Crippen molar-refractivity contribution in [3.05, 3.63) is 35.9 Å². The maximum Gasteiger partial charge on any atom is 0.214 e. The zero-order valence-corrected chi connectivity index (χ0v) is 12.7. The molecule has 0 N–H and O–H groups in total. The van der Waals surface area contributed by atoms with Crippen LogP contribution in [0.4, 0.5) is 0 Å². The zero-order valence-electron chi connectivity index (χ0n) is 11.7. The maximum atomic E-state index is 9.21. The van der Waals surface area contributed by atoms with Gasteiger partial charge in [-0.2, -0.15) is 5.26 Å². The molecule has 0 unspecified atom stereocenters. The van der Waals surface area contributed by atoms with Crippen LogP contribution in [0.3, 0.4) is 0 Å². The Hall–Kier alpha value is -1.15. The molecule has 1 aromatic carbocycles. The molecule has 0 radical (unpaired) electrons. The summed E-state index contributed by atoms with van der Waals surface area (Å²) in [4.78, 5) is 0. The molecule has 1 aliphatic carbocycles. The van der Waals surface area contributed by atoms with Crippen LogP contribution in [0.25, 0.3) is 0 Å². The van der Waals surface area contributed by atoms with Crippen molar-refractivity contribution in [2.75, 3.05) is 6.23 Å². The summed E-state index contributed by atoms with van der Waals surface area (Å²) in [5.74, 6) is 0. The summed E-state index contributed by atoms with van der Waals surface area (Å²) in [5, 5.41) is 9.21. The van der Waals surface area contributed by atoms with Gasteiger partial charge in [-0.25, -0.2) is 0 Å². The van der Waals surface area contributed by atoms with E-state index in [0.29, 0.717) is 12.8 Å². The van der Waals surface area contributed by atoms with Gasteiger partial charge in [-0.15, -0.1) is 0 Å². The second-order valence-corrected chi connectivity index (χ2v) is 9.81. The topological polar surface area (TPSA) is 42.2 Å². The molecule has 1 aliphatic rings. The van der Waals surface area contributed by atoms with E-state index >= 15 is 0 Å². The molecule has 0 aromatic heterocycles. The predicted molar refractivity (Wildman–Crippen MR) is 76.9 cm³/mol. The van der Waals surface area contributed by atoms with Crippen LogP contribution >= 0.6 is 0 Å². The summed E-state index contributed by atoms with van der Waals surface area (Å²) in [6, 6.07) is 12.5. The largest absolute Gasteiger partial charge is 0.397 e. The van der Waals surface area contributed by atoms with E-state index in [4.69, 9.17) is 9.16 Å². The highest BCUT2D eigenvalue weighted by atomic mass is 28.4. The predicted octanol–water partition coefficient (Wildman–Crippen LogP) is 3.41. The first kappa shape index (κ1) is 14.3. The molecular weight excluding hydrogens is 254 g/mol. The van der Waals surface area contributed by atoms with Gasteiger partial charge in [0.2, 0.25) is 8.32 Å². The number of nitrogens with zero attached hydrogens (tertiary/aromatic N) is 1. The minimum atomic E-state index is -1.93. The normalized spacial score (nSPS) is 17.5. The van der Waals surface area contributed by atoms with Crippen molar-refractivity contribution in [2.45, 2.75) is 44.6 Å². The SMILES string of the molecule is C[Si](C)(COCc1ccccc1)OC1(C#N)CCC1. The summed E-state index contributed by atoms with van der Waals surface area (Å²) >= 11 is 0. The fourth-order valence-electron chi connectivity index (χ4n) is 2.28. The number of hydrogen-bond acceptors (Lipinski definition) is 3. The van der Waals surface area contributed by atoms with Crippen LogP contribution in [0.1, 0.15) is 24.8 Å². The highest BCUT2D eigenvalue weighted by Gasteiger charge is 2.43. The minimum Gasteiger partial charge on any atom is -0.397 e. The highest BCUT2D eigenvalue weighted by molar-refractivity contribution is 6.71. The number of benzene rings is 1. The monoisotopic (exact) mass is 275 g/mol. The molecule has 102 valence electrons. The average molecular weight is 275 g/mol. The van der Waals surface area contributed by atoms with E-state index in [1.807, 2.05) is 18.2 Å². The Balaban J connectivity index is 1.79. The third-order valence-corrected chi connectivity index (χ3v) is 5.24. The van der Waals surface area contributed by atoms with E-state index in [1.54, 1.807) is 0 Å². The van der Waals surface area contributed by atoms with Crippen LogP contribution in [0.2, 0.25) is 13.1 Å². The second-order valence-electron chi connectivity index (χ2n) is 5.80. The maximum absolute atomic E-state index is 9.21. The van der Waals surface area contributed by atoms with Gasteiger partial charge in [0, 0.05) is 0 Å². The number of hydrogen-bond donors (Lipinski definition) is 0. The minimum absolute atomic E-state index is 0.508.